The summed E-state index contributed by atoms with van der Waals surface area (Å²) in [5.74, 6) is -0.119. The number of carbonyl (C=O) groups is 1. The van der Waals surface area contributed by atoms with E-state index < -0.39 is 0 Å². The number of aromatic amines is 1. The Morgan fingerprint density at radius 1 is 1.26 bits per heavy atom. The first-order valence-electron chi connectivity index (χ1n) is 7.53. The fourth-order valence-electron chi connectivity index (χ4n) is 2.75. The lowest BCUT2D eigenvalue weighted by Crippen LogP contribution is -2.34. The van der Waals surface area contributed by atoms with Gasteiger partial charge in [0.15, 0.2) is 5.69 Å². The topological polar surface area (TPSA) is 66.1 Å². The van der Waals surface area contributed by atoms with Crippen molar-refractivity contribution >= 4 is 28.0 Å². The van der Waals surface area contributed by atoms with Crippen LogP contribution in [-0.2, 0) is 6.54 Å². The van der Waals surface area contributed by atoms with Crippen molar-refractivity contribution in [3.63, 3.8) is 0 Å². The summed E-state index contributed by atoms with van der Waals surface area (Å²) in [5.41, 5.74) is 1.18. The number of hydrogen-bond donors (Lipinski definition) is 1. The Balaban J connectivity index is 1.75. The molecule has 5 nitrogen and oxygen atoms in total. The number of nitrogens with zero attached hydrogens (tertiary/aromatic N) is 2. The van der Waals surface area contributed by atoms with E-state index in [0.717, 1.165) is 18.4 Å². The fraction of sp³-hybridized carbons (Fsp3) is 0.235. The quantitative estimate of drug-likeness (QED) is 0.802. The summed E-state index contributed by atoms with van der Waals surface area (Å²) in [7, 11) is 0. The normalized spacial score (nSPS) is 14.1. The summed E-state index contributed by atoms with van der Waals surface area (Å²) < 4.78 is 0. The third-order valence-electron chi connectivity index (χ3n) is 4.08. The van der Waals surface area contributed by atoms with Gasteiger partial charge in [-0.25, -0.2) is 5.10 Å². The minimum Gasteiger partial charge on any atom is -0.330 e. The summed E-state index contributed by atoms with van der Waals surface area (Å²) in [4.78, 5) is 26.8. The van der Waals surface area contributed by atoms with Gasteiger partial charge in [0.25, 0.3) is 11.5 Å². The maximum atomic E-state index is 13.0. The van der Waals surface area contributed by atoms with Gasteiger partial charge >= 0.3 is 0 Å². The summed E-state index contributed by atoms with van der Waals surface area (Å²) in [6.45, 7) is 0.585. The van der Waals surface area contributed by atoms with Crippen LogP contribution in [-0.4, -0.2) is 27.0 Å². The number of carbonyl (C=O) groups excluding carboxylic acids is 1. The highest BCUT2D eigenvalue weighted by molar-refractivity contribution is 7.07. The molecule has 0 saturated heterocycles. The van der Waals surface area contributed by atoms with Gasteiger partial charge in [-0.2, -0.15) is 16.4 Å². The number of fused-ring (bicyclic) bond motifs is 1. The predicted octanol–water partition coefficient (Wildman–Crippen LogP) is 2.79. The minimum atomic E-state index is -0.270. The molecule has 116 valence electrons. The standard InChI is InChI=1S/C17H15N3O2S/c21-16-14-4-2-1-3-13(14)15(18-19-16)17(22)20(12-5-6-12)9-11-7-8-23-10-11/h1-4,7-8,10,12H,5-6,9H2,(H,19,21). The predicted molar refractivity (Wildman–Crippen MR) is 89.6 cm³/mol. The first-order valence-corrected chi connectivity index (χ1v) is 8.48. The molecule has 0 atom stereocenters. The van der Waals surface area contributed by atoms with Crippen LogP contribution < -0.4 is 5.56 Å². The number of thiophene rings is 1. The molecule has 6 heteroatoms. The van der Waals surface area contributed by atoms with Gasteiger partial charge < -0.3 is 4.90 Å². The minimum absolute atomic E-state index is 0.119. The highest BCUT2D eigenvalue weighted by Crippen LogP contribution is 2.30. The van der Waals surface area contributed by atoms with Crippen molar-refractivity contribution in [3.8, 4) is 0 Å². The molecule has 1 aliphatic rings. The Morgan fingerprint density at radius 2 is 2.04 bits per heavy atom. The molecule has 0 aliphatic heterocycles. The van der Waals surface area contributed by atoms with E-state index in [-0.39, 0.29) is 17.5 Å². The molecule has 4 rings (SSSR count). The van der Waals surface area contributed by atoms with E-state index in [1.165, 1.54) is 0 Å². The van der Waals surface area contributed by atoms with Crippen molar-refractivity contribution < 1.29 is 4.79 Å². The smallest absolute Gasteiger partial charge is 0.275 e. The van der Waals surface area contributed by atoms with Crippen molar-refractivity contribution in [2.45, 2.75) is 25.4 Å². The summed E-state index contributed by atoms with van der Waals surface area (Å²) in [6, 6.07) is 9.41. The van der Waals surface area contributed by atoms with Crippen LogP contribution in [0.3, 0.4) is 0 Å². The molecule has 2 heterocycles. The Hall–Kier alpha value is -2.47. The van der Waals surface area contributed by atoms with Crippen LogP contribution in [0.5, 0.6) is 0 Å². The summed E-state index contributed by atoms with van der Waals surface area (Å²) >= 11 is 1.62. The zero-order valence-electron chi connectivity index (χ0n) is 12.4. The molecule has 0 bridgehead atoms. The van der Waals surface area contributed by atoms with Gasteiger partial charge in [0.1, 0.15) is 0 Å². The lowest BCUT2D eigenvalue weighted by Gasteiger charge is -2.22. The molecule has 0 spiro atoms. The number of amides is 1. The third-order valence-corrected chi connectivity index (χ3v) is 4.81. The molecule has 1 N–H and O–H groups in total. The molecule has 1 aliphatic carbocycles. The molecule has 1 fully saturated rings. The first-order chi connectivity index (χ1) is 11.2. The Morgan fingerprint density at radius 3 is 2.74 bits per heavy atom. The second-order valence-electron chi connectivity index (χ2n) is 5.74. The van der Waals surface area contributed by atoms with Gasteiger partial charge in [0.2, 0.25) is 0 Å². The molecule has 23 heavy (non-hydrogen) atoms. The van der Waals surface area contributed by atoms with Crippen molar-refractivity contribution in [1.82, 2.24) is 15.1 Å². The molecule has 0 unspecified atom stereocenters. The molecule has 0 radical (unpaired) electrons. The van der Waals surface area contributed by atoms with E-state index >= 15 is 0 Å². The van der Waals surface area contributed by atoms with Crippen LogP contribution in [0.25, 0.3) is 10.8 Å². The number of H-pyrrole nitrogens is 1. The van der Waals surface area contributed by atoms with Gasteiger partial charge in [-0.05, 0) is 41.3 Å². The number of aromatic nitrogens is 2. The van der Waals surface area contributed by atoms with Crippen molar-refractivity contribution in [2.75, 3.05) is 0 Å². The highest BCUT2D eigenvalue weighted by atomic mass is 32.1. The van der Waals surface area contributed by atoms with E-state index in [4.69, 9.17) is 0 Å². The van der Waals surface area contributed by atoms with Crippen LogP contribution in [0.15, 0.2) is 45.9 Å². The molecule has 2 aromatic heterocycles. The van der Waals surface area contributed by atoms with Gasteiger partial charge in [0, 0.05) is 18.0 Å². The molecular formula is C17H15N3O2S. The van der Waals surface area contributed by atoms with Crippen molar-refractivity contribution in [2.24, 2.45) is 0 Å². The third kappa shape index (κ3) is 2.66. The summed E-state index contributed by atoms with van der Waals surface area (Å²) in [5, 5.41) is 11.7. The largest absolute Gasteiger partial charge is 0.330 e. The molecule has 3 aromatic rings. The number of nitrogens with one attached hydrogen (secondary N) is 1. The highest BCUT2D eigenvalue weighted by Gasteiger charge is 2.34. The van der Waals surface area contributed by atoms with E-state index in [2.05, 4.69) is 15.6 Å². The monoisotopic (exact) mass is 325 g/mol. The molecule has 1 aromatic carbocycles. The van der Waals surface area contributed by atoms with Gasteiger partial charge in [-0.1, -0.05) is 18.2 Å². The second-order valence-corrected chi connectivity index (χ2v) is 6.52. The zero-order valence-corrected chi connectivity index (χ0v) is 13.2. The lowest BCUT2D eigenvalue weighted by atomic mass is 10.1. The van der Waals surface area contributed by atoms with Gasteiger partial charge in [0.05, 0.1) is 5.39 Å². The van der Waals surface area contributed by atoms with E-state index in [1.54, 1.807) is 29.5 Å². The SMILES string of the molecule is O=C(c1n[nH]c(=O)c2ccccc12)N(Cc1ccsc1)C1CC1. The molecular weight excluding hydrogens is 310 g/mol. The van der Waals surface area contributed by atoms with Crippen LogP contribution in [0.1, 0.15) is 28.9 Å². The Labute approximate surface area is 136 Å². The maximum absolute atomic E-state index is 13.0. The summed E-state index contributed by atoms with van der Waals surface area (Å²) in [6.07, 6.45) is 2.05. The average molecular weight is 325 g/mol. The number of rotatable bonds is 4. The van der Waals surface area contributed by atoms with Gasteiger partial charge in [-0.15, -0.1) is 0 Å². The zero-order chi connectivity index (χ0) is 15.8. The van der Waals surface area contributed by atoms with Crippen LogP contribution in [0.2, 0.25) is 0 Å². The molecule has 1 amide bonds. The Bertz CT molecular complexity index is 913. The van der Waals surface area contributed by atoms with Crippen LogP contribution >= 0.6 is 11.3 Å². The Kier molecular flexibility index (Phi) is 3.46. The first kappa shape index (κ1) is 14.1. The number of hydrogen-bond acceptors (Lipinski definition) is 4. The van der Waals surface area contributed by atoms with Crippen molar-refractivity contribution in [1.29, 1.82) is 0 Å². The second kappa shape index (κ2) is 5.62. The fourth-order valence-corrected chi connectivity index (χ4v) is 3.41. The van der Waals surface area contributed by atoms with Crippen LogP contribution in [0, 0.1) is 0 Å². The number of benzene rings is 1. The molecule has 1 saturated carbocycles. The van der Waals surface area contributed by atoms with E-state index in [1.807, 2.05) is 22.4 Å². The average Bonchev–Trinajstić information content (AvgIpc) is 3.29. The van der Waals surface area contributed by atoms with Gasteiger partial charge in [-0.3, -0.25) is 9.59 Å². The van der Waals surface area contributed by atoms with E-state index in [9.17, 15) is 9.59 Å². The van der Waals surface area contributed by atoms with Crippen molar-refractivity contribution in [3.05, 3.63) is 62.7 Å². The maximum Gasteiger partial charge on any atom is 0.275 e. The lowest BCUT2D eigenvalue weighted by molar-refractivity contribution is 0.0725. The van der Waals surface area contributed by atoms with E-state index in [0.29, 0.717) is 23.0 Å². The van der Waals surface area contributed by atoms with Crippen LogP contribution in [0.4, 0.5) is 0 Å².